The molecule has 0 heterocycles. The number of nitrogens with zero attached hydrogens (tertiary/aromatic N) is 1. The first kappa shape index (κ1) is 19.5. The molecule has 1 atom stereocenters. The summed E-state index contributed by atoms with van der Waals surface area (Å²) in [6.45, 7) is 5.95. The average Bonchev–Trinajstić information content (AvgIpc) is 2.61. The smallest absolute Gasteiger partial charge is 0.265 e. The number of rotatable bonds is 6. The summed E-state index contributed by atoms with van der Waals surface area (Å²) in [6.07, 6.45) is -0.659. The minimum atomic E-state index is -0.659. The van der Waals surface area contributed by atoms with Crippen molar-refractivity contribution in [3.8, 4) is 5.75 Å². The first-order valence-electron chi connectivity index (χ1n) is 8.67. The van der Waals surface area contributed by atoms with Crippen molar-refractivity contribution in [1.29, 1.82) is 0 Å². The zero-order valence-corrected chi connectivity index (χ0v) is 15.9. The van der Waals surface area contributed by atoms with Crippen LogP contribution in [0, 0.1) is 0 Å². The number of amides is 2. The molecule has 26 heavy (non-hydrogen) atoms. The molecule has 2 aromatic carbocycles. The van der Waals surface area contributed by atoms with Crippen molar-refractivity contribution in [3.05, 3.63) is 59.7 Å². The highest BCUT2D eigenvalue weighted by molar-refractivity contribution is 5.98. The third-order valence-corrected chi connectivity index (χ3v) is 4.01. The molecule has 5 heteroatoms. The van der Waals surface area contributed by atoms with Crippen LogP contribution in [0.4, 0.5) is 5.69 Å². The van der Waals surface area contributed by atoms with Gasteiger partial charge in [-0.3, -0.25) is 9.59 Å². The maximum atomic E-state index is 12.4. The number of hydrogen-bond donors (Lipinski definition) is 1. The van der Waals surface area contributed by atoms with Gasteiger partial charge in [-0.2, -0.15) is 0 Å². The lowest BCUT2D eigenvalue weighted by Gasteiger charge is -2.16. The van der Waals surface area contributed by atoms with Gasteiger partial charge in [0.1, 0.15) is 5.75 Å². The first-order valence-corrected chi connectivity index (χ1v) is 8.67. The van der Waals surface area contributed by atoms with Crippen molar-refractivity contribution in [2.24, 2.45) is 0 Å². The van der Waals surface area contributed by atoms with E-state index in [-0.39, 0.29) is 11.8 Å². The zero-order valence-electron chi connectivity index (χ0n) is 15.9. The molecule has 138 valence electrons. The van der Waals surface area contributed by atoms with Crippen LogP contribution in [0.5, 0.6) is 5.75 Å². The van der Waals surface area contributed by atoms with Gasteiger partial charge in [-0.25, -0.2) is 0 Å². The molecular weight excluding hydrogens is 328 g/mol. The largest absolute Gasteiger partial charge is 0.481 e. The molecular formula is C21H26N2O3. The molecule has 0 spiro atoms. The van der Waals surface area contributed by atoms with Crippen molar-refractivity contribution in [2.45, 2.75) is 32.8 Å². The van der Waals surface area contributed by atoms with Gasteiger partial charge in [0.05, 0.1) is 0 Å². The number of hydrogen-bond acceptors (Lipinski definition) is 3. The number of anilines is 1. The van der Waals surface area contributed by atoms with Gasteiger partial charge in [0.2, 0.25) is 0 Å². The van der Waals surface area contributed by atoms with E-state index in [2.05, 4.69) is 19.2 Å². The second-order valence-corrected chi connectivity index (χ2v) is 6.75. The topological polar surface area (TPSA) is 58.6 Å². The van der Waals surface area contributed by atoms with E-state index in [0.717, 1.165) is 0 Å². The Labute approximate surface area is 155 Å². The lowest BCUT2D eigenvalue weighted by Crippen LogP contribution is -2.30. The number of benzene rings is 2. The summed E-state index contributed by atoms with van der Waals surface area (Å²) < 4.78 is 5.71. The summed E-state index contributed by atoms with van der Waals surface area (Å²) in [5, 5.41) is 2.79. The fraction of sp³-hybridized carbons (Fsp3) is 0.333. The molecule has 5 nitrogen and oxygen atoms in total. The Morgan fingerprint density at radius 2 is 1.65 bits per heavy atom. The molecule has 0 aliphatic heterocycles. The van der Waals surface area contributed by atoms with Crippen LogP contribution in [0.3, 0.4) is 0 Å². The average molecular weight is 354 g/mol. The summed E-state index contributed by atoms with van der Waals surface area (Å²) in [4.78, 5) is 25.9. The van der Waals surface area contributed by atoms with Gasteiger partial charge in [0.15, 0.2) is 6.10 Å². The highest BCUT2D eigenvalue weighted by Gasteiger charge is 2.16. The standard InChI is InChI=1S/C21H26N2O3/c1-14(2)16-9-11-19(12-10-16)26-15(3)20(24)22-18-8-6-7-17(13-18)21(25)23(4)5/h6-15H,1-5H3,(H,22,24). The summed E-state index contributed by atoms with van der Waals surface area (Å²) >= 11 is 0. The Morgan fingerprint density at radius 3 is 2.23 bits per heavy atom. The van der Waals surface area contributed by atoms with E-state index < -0.39 is 6.10 Å². The summed E-state index contributed by atoms with van der Waals surface area (Å²) in [6, 6.07) is 14.6. The van der Waals surface area contributed by atoms with Crippen LogP contribution in [0.25, 0.3) is 0 Å². The number of ether oxygens (including phenoxy) is 1. The van der Waals surface area contributed by atoms with Crippen LogP contribution in [0.1, 0.15) is 42.6 Å². The molecule has 0 bridgehead atoms. The Morgan fingerprint density at radius 1 is 1.00 bits per heavy atom. The van der Waals surface area contributed by atoms with Gasteiger partial charge >= 0.3 is 0 Å². The van der Waals surface area contributed by atoms with Crippen LogP contribution in [0.2, 0.25) is 0 Å². The normalized spacial score (nSPS) is 11.8. The third kappa shape index (κ3) is 5.09. The minimum Gasteiger partial charge on any atom is -0.481 e. The lowest BCUT2D eigenvalue weighted by atomic mass is 10.0. The van der Waals surface area contributed by atoms with Gasteiger partial charge in [-0.05, 0) is 48.7 Å². The number of carbonyl (C=O) groups is 2. The molecule has 0 radical (unpaired) electrons. The quantitative estimate of drug-likeness (QED) is 0.855. The summed E-state index contributed by atoms with van der Waals surface area (Å²) in [5.74, 6) is 0.707. The molecule has 2 aromatic rings. The fourth-order valence-electron chi connectivity index (χ4n) is 2.42. The van der Waals surface area contributed by atoms with Crippen LogP contribution in [-0.2, 0) is 4.79 Å². The van der Waals surface area contributed by atoms with Gasteiger partial charge in [0.25, 0.3) is 11.8 Å². The van der Waals surface area contributed by atoms with Gasteiger partial charge < -0.3 is 15.0 Å². The molecule has 2 amide bonds. The van der Waals surface area contributed by atoms with Gasteiger partial charge in [-0.1, -0.05) is 32.0 Å². The van der Waals surface area contributed by atoms with Crippen LogP contribution >= 0.6 is 0 Å². The van der Waals surface area contributed by atoms with Crippen molar-refractivity contribution in [2.75, 3.05) is 19.4 Å². The predicted octanol–water partition coefficient (Wildman–Crippen LogP) is 3.92. The van der Waals surface area contributed by atoms with E-state index in [0.29, 0.717) is 22.9 Å². The monoisotopic (exact) mass is 354 g/mol. The fourth-order valence-corrected chi connectivity index (χ4v) is 2.42. The second kappa shape index (κ2) is 8.52. The van der Waals surface area contributed by atoms with Crippen molar-refractivity contribution in [1.82, 2.24) is 4.90 Å². The highest BCUT2D eigenvalue weighted by atomic mass is 16.5. The first-order chi connectivity index (χ1) is 12.3. The van der Waals surface area contributed by atoms with E-state index in [1.165, 1.54) is 10.5 Å². The van der Waals surface area contributed by atoms with E-state index in [4.69, 9.17) is 4.74 Å². The maximum Gasteiger partial charge on any atom is 0.265 e. The SMILES string of the molecule is CC(Oc1ccc(C(C)C)cc1)C(=O)Nc1cccc(C(=O)N(C)C)c1. The molecule has 0 fully saturated rings. The summed E-state index contributed by atoms with van der Waals surface area (Å²) in [7, 11) is 3.38. The molecule has 0 aromatic heterocycles. The Hall–Kier alpha value is -2.82. The maximum absolute atomic E-state index is 12.4. The van der Waals surface area contributed by atoms with Gasteiger partial charge in [-0.15, -0.1) is 0 Å². The molecule has 0 aliphatic rings. The Bertz CT molecular complexity index is 767. The minimum absolute atomic E-state index is 0.115. The third-order valence-electron chi connectivity index (χ3n) is 4.01. The molecule has 0 saturated heterocycles. The molecule has 1 N–H and O–H groups in total. The van der Waals surface area contributed by atoms with Crippen LogP contribution < -0.4 is 10.1 Å². The zero-order chi connectivity index (χ0) is 19.3. The van der Waals surface area contributed by atoms with Crippen molar-refractivity contribution < 1.29 is 14.3 Å². The molecule has 0 saturated carbocycles. The molecule has 2 rings (SSSR count). The highest BCUT2D eigenvalue weighted by Crippen LogP contribution is 2.20. The second-order valence-electron chi connectivity index (χ2n) is 6.75. The molecule has 1 unspecified atom stereocenters. The molecule has 0 aliphatic carbocycles. The predicted molar refractivity (Wildman–Crippen MR) is 104 cm³/mol. The number of nitrogens with one attached hydrogen (secondary N) is 1. The number of carbonyl (C=O) groups excluding carboxylic acids is 2. The van der Waals surface area contributed by atoms with Crippen LogP contribution in [0.15, 0.2) is 48.5 Å². The van der Waals surface area contributed by atoms with Crippen LogP contribution in [-0.4, -0.2) is 36.9 Å². The van der Waals surface area contributed by atoms with Gasteiger partial charge in [0, 0.05) is 25.3 Å². The Balaban J connectivity index is 2.00. The van der Waals surface area contributed by atoms with Crippen molar-refractivity contribution in [3.63, 3.8) is 0 Å². The van der Waals surface area contributed by atoms with E-state index in [1.807, 2.05) is 24.3 Å². The van der Waals surface area contributed by atoms with E-state index in [9.17, 15) is 9.59 Å². The Kier molecular flexibility index (Phi) is 6.39. The van der Waals surface area contributed by atoms with Crippen molar-refractivity contribution >= 4 is 17.5 Å². The van der Waals surface area contributed by atoms with E-state index in [1.54, 1.807) is 45.3 Å². The summed E-state index contributed by atoms with van der Waals surface area (Å²) in [5.41, 5.74) is 2.30. The van der Waals surface area contributed by atoms with E-state index >= 15 is 0 Å². The lowest BCUT2D eigenvalue weighted by molar-refractivity contribution is -0.122.